The molecule has 0 amide bonds. The summed E-state index contributed by atoms with van der Waals surface area (Å²) in [5, 5.41) is 15.0. The Morgan fingerprint density at radius 2 is 2.35 bits per heavy atom. The van der Waals surface area contributed by atoms with E-state index in [0.29, 0.717) is 23.9 Å². The number of hydrogen-bond donors (Lipinski definition) is 2. The summed E-state index contributed by atoms with van der Waals surface area (Å²) in [6.45, 7) is 2.00. The number of anilines is 1. The largest absolute Gasteiger partial charge is 0.478 e. The highest BCUT2D eigenvalue weighted by molar-refractivity contribution is 7.16. The molecule has 0 fully saturated rings. The third kappa shape index (κ3) is 2.23. The summed E-state index contributed by atoms with van der Waals surface area (Å²) < 4.78 is 5.41. The maximum absolute atomic E-state index is 10.9. The second-order valence-electron chi connectivity index (χ2n) is 4.20. The molecule has 102 valence electrons. The molecule has 3 heterocycles. The molecular weight excluding hydrogens is 278 g/mol. The van der Waals surface area contributed by atoms with Gasteiger partial charge >= 0.3 is 5.97 Å². The number of aromatic carboxylic acids is 1. The van der Waals surface area contributed by atoms with Gasteiger partial charge in [0.05, 0.1) is 11.9 Å². The van der Waals surface area contributed by atoms with Crippen molar-refractivity contribution < 1.29 is 14.3 Å². The van der Waals surface area contributed by atoms with Gasteiger partial charge < -0.3 is 14.8 Å². The predicted molar refractivity (Wildman–Crippen MR) is 75.1 cm³/mol. The summed E-state index contributed by atoms with van der Waals surface area (Å²) in [4.78, 5) is 20.2. The maximum Gasteiger partial charge on any atom is 0.339 e. The monoisotopic (exact) mass is 289 g/mol. The average molecular weight is 289 g/mol. The smallest absolute Gasteiger partial charge is 0.339 e. The first kappa shape index (κ1) is 12.6. The van der Waals surface area contributed by atoms with Gasteiger partial charge in [0.1, 0.15) is 34.1 Å². The highest BCUT2D eigenvalue weighted by atomic mass is 32.1. The van der Waals surface area contributed by atoms with E-state index in [-0.39, 0.29) is 5.56 Å². The highest BCUT2D eigenvalue weighted by Crippen LogP contribution is 2.24. The van der Waals surface area contributed by atoms with Gasteiger partial charge in [-0.25, -0.2) is 14.8 Å². The van der Waals surface area contributed by atoms with E-state index in [4.69, 9.17) is 9.52 Å². The topological polar surface area (TPSA) is 88.3 Å². The van der Waals surface area contributed by atoms with Crippen molar-refractivity contribution in [1.82, 2.24) is 9.97 Å². The highest BCUT2D eigenvalue weighted by Gasteiger charge is 2.14. The summed E-state index contributed by atoms with van der Waals surface area (Å²) in [6.07, 6.45) is 1.50. The van der Waals surface area contributed by atoms with E-state index in [2.05, 4.69) is 15.3 Å². The molecule has 3 aromatic heterocycles. The number of nitrogens with one attached hydrogen (secondary N) is 1. The fourth-order valence-electron chi connectivity index (χ4n) is 1.94. The Bertz CT molecular complexity index is 778. The predicted octanol–water partition coefficient (Wildman–Crippen LogP) is 2.90. The van der Waals surface area contributed by atoms with Gasteiger partial charge in [-0.1, -0.05) is 0 Å². The summed E-state index contributed by atoms with van der Waals surface area (Å²) in [5.41, 5.74) is 0.185. The first-order valence-corrected chi connectivity index (χ1v) is 6.78. The van der Waals surface area contributed by atoms with E-state index < -0.39 is 5.97 Å². The van der Waals surface area contributed by atoms with Crippen molar-refractivity contribution in [3.8, 4) is 0 Å². The SMILES string of the molecule is Cc1oc(CNc2ncnc3sccc23)cc1C(=O)O. The number of thiophene rings is 1. The van der Waals surface area contributed by atoms with Crippen LogP contribution in [0.5, 0.6) is 0 Å². The van der Waals surface area contributed by atoms with Crippen molar-refractivity contribution >= 4 is 33.3 Å². The Hall–Kier alpha value is -2.41. The molecule has 0 aliphatic carbocycles. The van der Waals surface area contributed by atoms with Crippen LogP contribution in [0, 0.1) is 6.92 Å². The molecule has 2 N–H and O–H groups in total. The van der Waals surface area contributed by atoms with Crippen LogP contribution >= 0.6 is 11.3 Å². The molecule has 3 aromatic rings. The molecule has 0 aliphatic heterocycles. The number of hydrogen-bond acceptors (Lipinski definition) is 6. The zero-order valence-corrected chi connectivity index (χ0v) is 11.4. The Kier molecular flexibility index (Phi) is 3.11. The number of aryl methyl sites for hydroxylation is 1. The van der Waals surface area contributed by atoms with Crippen LogP contribution in [0.25, 0.3) is 10.2 Å². The van der Waals surface area contributed by atoms with Crippen molar-refractivity contribution in [2.45, 2.75) is 13.5 Å². The molecule has 0 atom stereocenters. The molecule has 3 rings (SSSR count). The summed E-state index contributed by atoms with van der Waals surface area (Å²) >= 11 is 1.54. The number of rotatable bonds is 4. The first-order valence-electron chi connectivity index (χ1n) is 5.90. The molecule has 0 aromatic carbocycles. The van der Waals surface area contributed by atoms with Crippen molar-refractivity contribution in [3.05, 3.63) is 40.9 Å². The lowest BCUT2D eigenvalue weighted by Crippen LogP contribution is -2.01. The van der Waals surface area contributed by atoms with E-state index >= 15 is 0 Å². The molecule has 20 heavy (non-hydrogen) atoms. The second-order valence-corrected chi connectivity index (χ2v) is 5.10. The van der Waals surface area contributed by atoms with Crippen LogP contribution in [0.2, 0.25) is 0 Å². The van der Waals surface area contributed by atoms with Crippen LogP contribution < -0.4 is 5.32 Å². The Labute approximate surface area is 118 Å². The molecular formula is C13H11N3O3S. The van der Waals surface area contributed by atoms with Gasteiger partial charge in [-0.2, -0.15) is 0 Å². The molecule has 0 radical (unpaired) electrons. The zero-order valence-electron chi connectivity index (χ0n) is 10.6. The van der Waals surface area contributed by atoms with Gasteiger partial charge in [0, 0.05) is 0 Å². The Morgan fingerprint density at radius 1 is 1.50 bits per heavy atom. The van der Waals surface area contributed by atoms with Gasteiger partial charge in [0.15, 0.2) is 0 Å². The van der Waals surface area contributed by atoms with Crippen LogP contribution in [-0.2, 0) is 6.54 Å². The lowest BCUT2D eigenvalue weighted by Gasteiger charge is -2.03. The molecule has 0 unspecified atom stereocenters. The number of furan rings is 1. The molecule has 6 nitrogen and oxygen atoms in total. The van der Waals surface area contributed by atoms with E-state index in [1.165, 1.54) is 12.4 Å². The number of carboxylic acids is 1. The minimum absolute atomic E-state index is 0.185. The van der Waals surface area contributed by atoms with E-state index in [9.17, 15) is 4.79 Å². The Balaban J connectivity index is 1.81. The standard InChI is InChI=1S/C13H11N3O3S/c1-7-10(13(17)18)4-8(19-7)5-14-11-9-2-3-20-12(9)16-6-15-11/h2-4,6H,5H2,1H3,(H,17,18)(H,14,15,16). The zero-order chi connectivity index (χ0) is 14.1. The van der Waals surface area contributed by atoms with Gasteiger partial charge in [0.2, 0.25) is 0 Å². The number of nitrogens with zero attached hydrogens (tertiary/aromatic N) is 2. The van der Waals surface area contributed by atoms with E-state index in [0.717, 1.165) is 10.2 Å². The third-order valence-electron chi connectivity index (χ3n) is 2.89. The minimum Gasteiger partial charge on any atom is -0.478 e. The van der Waals surface area contributed by atoms with Crippen molar-refractivity contribution in [2.24, 2.45) is 0 Å². The number of carbonyl (C=O) groups is 1. The quantitative estimate of drug-likeness (QED) is 0.767. The first-order chi connectivity index (χ1) is 9.65. The van der Waals surface area contributed by atoms with Crippen LogP contribution in [0.3, 0.4) is 0 Å². The van der Waals surface area contributed by atoms with Crippen molar-refractivity contribution in [2.75, 3.05) is 5.32 Å². The number of aromatic nitrogens is 2. The summed E-state index contributed by atoms with van der Waals surface area (Å²) in [6, 6.07) is 3.47. The van der Waals surface area contributed by atoms with Crippen LogP contribution in [0.4, 0.5) is 5.82 Å². The van der Waals surface area contributed by atoms with Gasteiger partial charge in [-0.15, -0.1) is 11.3 Å². The summed E-state index contributed by atoms with van der Waals surface area (Å²) in [7, 11) is 0. The van der Waals surface area contributed by atoms with Crippen molar-refractivity contribution in [3.63, 3.8) is 0 Å². The lowest BCUT2D eigenvalue weighted by molar-refractivity contribution is 0.0695. The number of carboxylic acid groups (broad SMARTS) is 1. The minimum atomic E-state index is -0.986. The van der Waals surface area contributed by atoms with Gasteiger partial charge in [-0.3, -0.25) is 0 Å². The van der Waals surface area contributed by atoms with Crippen LogP contribution in [0.1, 0.15) is 21.9 Å². The maximum atomic E-state index is 10.9. The molecule has 0 saturated carbocycles. The van der Waals surface area contributed by atoms with E-state index in [1.54, 1.807) is 18.3 Å². The number of fused-ring (bicyclic) bond motifs is 1. The fourth-order valence-corrected chi connectivity index (χ4v) is 2.68. The van der Waals surface area contributed by atoms with E-state index in [1.807, 2.05) is 11.4 Å². The second kappa shape index (κ2) is 4.93. The Morgan fingerprint density at radius 3 is 3.10 bits per heavy atom. The van der Waals surface area contributed by atoms with Crippen molar-refractivity contribution in [1.29, 1.82) is 0 Å². The lowest BCUT2D eigenvalue weighted by atomic mass is 10.2. The molecule has 0 spiro atoms. The van der Waals surface area contributed by atoms with Crippen LogP contribution in [-0.4, -0.2) is 21.0 Å². The fraction of sp³-hybridized carbons (Fsp3) is 0.154. The molecule has 7 heteroatoms. The molecule has 0 bridgehead atoms. The summed E-state index contributed by atoms with van der Waals surface area (Å²) in [5.74, 6) is 0.682. The normalized spacial score (nSPS) is 10.8. The average Bonchev–Trinajstić information content (AvgIpc) is 3.02. The van der Waals surface area contributed by atoms with Gasteiger partial charge in [-0.05, 0) is 24.4 Å². The van der Waals surface area contributed by atoms with Crippen LogP contribution in [0.15, 0.2) is 28.3 Å². The molecule has 0 saturated heterocycles. The van der Waals surface area contributed by atoms with Gasteiger partial charge in [0.25, 0.3) is 0 Å². The molecule has 0 aliphatic rings. The third-order valence-corrected chi connectivity index (χ3v) is 3.71.